The van der Waals surface area contributed by atoms with Crippen LogP contribution < -0.4 is 11.1 Å². The van der Waals surface area contributed by atoms with Gasteiger partial charge in [0.15, 0.2) is 0 Å². The first-order chi connectivity index (χ1) is 15.2. The number of aromatic nitrogens is 2. The number of carboxylic acid groups (broad SMARTS) is 1. The Balaban J connectivity index is 1.63. The molecule has 0 bridgehead atoms. The summed E-state index contributed by atoms with van der Waals surface area (Å²) in [5.74, 6) is -0.675. The van der Waals surface area contributed by atoms with Crippen LogP contribution in [0.25, 0.3) is 11.1 Å². The molecule has 7 nitrogen and oxygen atoms in total. The van der Waals surface area contributed by atoms with Crippen molar-refractivity contribution < 1.29 is 14.7 Å². The van der Waals surface area contributed by atoms with Gasteiger partial charge in [-0.15, -0.1) is 0 Å². The van der Waals surface area contributed by atoms with Crippen LogP contribution in [0.1, 0.15) is 41.3 Å². The highest BCUT2D eigenvalue weighted by Gasteiger charge is 2.18. The van der Waals surface area contributed by atoms with E-state index in [0.29, 0.717) is 18.0 Å². The van der Waals surface area contributed by atoms with Crippen LogP contribution in [-0.4, -0.2) is 39.4 Å². The van der Waals surface area contributed by atoms with E-state index in [4.69, 9.17) is 10.8 Å². The number of aryl methyl sites for hydroxylation is 1. The van der Waals surface area contributed by atoms with Crippen molar-refractivity contribution in [3.05, 3.63) is 77.6 Å². The zero-order chi connectivity index (χ0) is 23.3. The Labute approximate surface area is 188 Å². The van der Waals surface area contributed by atoms with E-state index in [0.717, 1.165) is 16.7 Å². The lowest BCUT2D eigenvalue weighted by atomic mass is 9.87. The van der Waals surface area contributed by atoms with Crippen LogP contribution in [0.5, 0.6) is 0 Å². The van der Waals surface area contributed by atoms with Gasteiger partial charge >= 0.3 is 5.97 Å². The number of nitrogens with one attached hydrogen (secondary N) is 1. The van der Waals surface area contributed by atoms with E-state index in [1.165, 1.54) is 5.56 Å². The van der Waals surface area contributed by atoms with Gasteiger partial charge in [0.05, 0.1) is 6.20 Å². The summed E-state index contributed by atoms with van der Waals surface area (Å²) >= 11 is 0. The summed E-state index contributed by atoms with van der Waals surface area (Å²) in [7, 11) is 1.90. The maximum atomic E-state index is 12.6. The molecule has 0 aliphatic heterocycles. The molecule has 0 aliphatic carbocycles. The maximum absolute atomic E-state index is 12.6. The van der Waals surface area contributed by atoms with Crippen LogP contribution in [0.2, 0.25) is 0 Å². The van der Waals surface area contributed by atoms with Crippen molar-refractivity contribution >= 4 is 11.9 Å². The van der Waals surface area contributed by atoms with E-state index in [1.54, 1.807) is 28.9 Å². The first-order valence-corrected chi connectivity index (χ1v) is 10.7. The quantitative estimate of drug-likeness (QED) is 0.479. The topological polar surface area (TPSA) is 110 Å². The Kier molecular flexibility index (Phi) is 7.43. The molecule has 0 saturated heterocycles. The molecule has 168 valence electrons. The monoisotopic (exact) mass is 434 g/mol. The number of rotatable bonds is 9. The Morgan fingerprint density at radius 1 is 1.06 bits per heavy atom. The standard InChI is InChI=1S/C25H30N4O3/c1-16(2)22(19-10-8-18(9-11-19)21-13-28-29(3)15-21)14-27-24(30)20-6-4-17(5-7-20)12-23(26)25(31)32/h4-11,13,15-16,22-23H,12,14,26H2,1-3H3,(H,27,30)(H,31,32)/t22-,23?/m1/s1. The van der Waals surface area contributed by atoms with Gasteiger partial charge in [-0.1, -0.05) is 50.2 Å². The highest BCUT2D eigenvalue weighted by atomic mass is 16.4. The first-order valence-electron chi connectivity index (χ1n) is 10.7. The molecule has 4 N–H and O–H groups in total. The zero-order valence-electron chi connectivity index (χ0n) is 18.7. The minimum Gasteiger partial charge on any atom is -0.480 e. The van der Waals surface area contributed by atoms with Gasteiger partial charge in [0.1, 0.15) is 6.04 Å². The van der Waals surface area contributed by atoms with Crippen LogP contribution >= 0.6 is 0 Å². The summed E-state index contributed by atoms with van der Waals surface area (Å²) in [4.78, 5) is 23.5. The second-order valence-electron chi connectivity index (χ2n) is 8.43. The highest BCUT2D eigenvalue weighted by Crippen LogP contribution is 2.27. The van der Waals surface area contributed by atoms with Gasteiger partial charge in [-0.25, -0.2) is 0 Å². The Bertz CT molecular complexity index is 1060. The SMILES string of the molecule is CC(C)[C@@H](CNC(=O)c1ccc(CC(N)C(=O)O)cc1)c1ccc(-c2cnn(C)c2)cc1. The number of nitrogens with zero attached hydrogens (tertiary/aromatic N) is 2. The summed E-state index contributed by atoms with van der Waals surface area (Å²) in [5, 5.41) is 16.2. The summed E-state index contributed by atoms with van der Waals surface area (Å²) < 4.78 is 1.78. The minimum atomic E-state index is -1.04. The predicted octanol–water partition coefficient (Wildman–Crippen LogP) is 3.21. The molecule has 2 atom stereocenters. The largest absolute Gasteiger partial charge is 0.480 e. The number of carbonyl (C=O) groups is 2. The third-order valence-electron chi connectivity index (χ3n) is 5.65. The van der Waals surface area contributed by atoms with E-state index in [2.05, 4.69) is 48.5 Å². The fraction of sp³-hybridized carbons (Fsp3) is 0.320. The van der Waals surface area contributed by atoms with Gasteiger partial charge in [0.25, 0.3) is 5.91 Å². The lowest BCUT2D eigenvalue weighted by Gasteiger charge is -2.22. The van der Waals surface area contributed by atoms with Crippen molar-refractivity contribution in [2.45, 2.75) is 32.2 Å². The average molecular weight is 435 g/mol. The number of carbonyl (C=O) groups excluding carboxylic acids is 1. The average Bonchev–Trinajstić information content (AvgIpc) is 3.20. The van der Waals surface area contributed by atoms with Crippen molar-refractivity contribution in [3.63, 3.8) is 0 Å². The van der Waals surface area contributed by atoms with E-state index in [-0.39, 0.29) is 18.2 Å². The van der Waals surface area contributed by atoms with Gasteiger partial charge in [-0.2, -0.15) is 5.10 Å². The summed E-state index contributed by atoms with van der Waals surface area (Å²) in [6.07, 6.45) is 4.05. The zero-order valence-corrected chi connectivity index (χ0v) is 18.7. The third-order valence-corrected chi connectivity index (χ3v) is 5.65. The molecule has 1 aromatic heterocycles. The van der Waals surface area contributed by atoms with E-state index in [1.807, 2.05) is 19.4 Å². The molecule has 0 aliphatic rings. The Hall–Kier alpha value is -3.45. The van der Waals surface area contributed by atoms with Crippen molar-refractivity contribution in [2.24, 2.45) is 18.7 Å². The van der Waals surface area contributed by atoms with Gasteiger partial charge in [0, 0.05) is 36.8 Å². The maximum Gasteiger partial charge on any atom is 0.320 e. The fourth-order valence-corrected chi connectivity index (χ4v) is 3.67. The molecular weight excluding hydrogens is 404 g/mol. The molecule has 32 heavy (non-hydrogen) atoms. The van der Waals surface area contributed by atoms with Crippen LogP contribution in [0, 0.1) is 5.92 Å². The fourth-order valence-electron chi connectivity index (χ4n) is 3.67. The Morgan fingerprint density at radius 3 is 2.25 bits per heavy atom. The number of nitrogens with two attached hydrogens (primary N) is 1. The van der Waals surface area contributed by atoms with Crippen molar-refractivity contribution in [1.82, 2.24) is 15.1 Å². The van der Waals surface area contributed by atoms with Gasteiger partial charge in [-0.05, 0) is 41.2 Å². The summed E-state index contributed by atoms with van der Waals surface area (Å²) in [6, 6.07) is 14.3. The highest BCUT2D eigenvalue weighted by molar-refractivity contribution is 5.94. The van der Waals surface area contributed by atoms with Gasteiger partial charge < -0.3 is 16.2 Å². The van der Waals surface area contributed by atoms with Crippen LogP contribution in [0.15, 0.2) is 60.9 Å². The molecule has 0 fully saturated rings. The molecule has 1 unspecified atom stereocenters. The van der Waals surface area contributed by atoms with Crippen LogP contribution in [-0.2, 0) is 18.3 Å². The lowest BCUT2D eigenvalue weighted by molar-refractivity contribution is -0.138. The smallest absolute Gasteiger partial charge is 0.320 e. The molecule has 3 rings (SSSR count). The van der Waals surface area contributed by atoms with Crippen LogP contribution in [0.4, 0.5) is 0 Å². The van der Waals surface area contributed by atoms with Crippen molar-refractivity contribution in [1.29, 1.82) is 0 Å². The molecule has 1 amide bonds. The van der Waals surface area contributed by atoms with Crippen molar-refractivity contribution in [3.8, 4) is 11.1 Å². The Morgan fingerprint density at radius 2 is 1.72 bits per heavy atom. The number of aliphatic carboxylic acids is 1. The normalized spacial score (nSPS) is 13.0. The number of hydrogen-bond donors (Lipinski definition) is 3. The molecule has 0 spiro atoms. The first kappa shape index (κ1) is 23.2. The molecule has 7 heteroatoms. The second-order valence-corrected chi connectivity index (χ2v) is 8.43. The van der Waals surface area contributed by atoms with E-state index >= 15 is 0 Å². The predicted molar refractivity (Wildman–Crippen MR) is 124 cm³/mol. The molecule has 2 aromatic carbocycles. The van der Waals surface area contributed by atoms with E-state index < -0.39 is 12.0 Å². The third kappa shape index (κ3) is 5.82. The number of hydrogen-bond acceptors (Lipinski definition) is 4. The summed E-state index contributed by atoms with van der Waals surface area (Å²) in [6.45, 7) is 4.81. The number of benzene rings is 2. The van der Waals surface area contributed by atoms with Gasteiger partial charge in [0.2, 0.25) is 0 Å². The second kappa shape index (κ2) is 10.2. The van der Waals surface area contributed by atoms with E-state index in [9.17, 15) is 9.59 Å². The minimum absolute atomic E-state index is 0.156. The summed E-state index contributed by atoms with van der Waals surface area (Å²) in [5.41, 5.74) is 10.2. The van der Waals surface area contributed by atoms with Crippen molar-refractivity contribution in [2.75, 3.05) is 6.54 Å². The number of amides is 1. The van der Waals surface area contributed by atoms with Crippen LogP contribution in [0.3, 0.4) is 0 Å². The molecular formula is C25H30N4O3. The molecule has 0 saturated carbocycles. The molecule has 1 heterocycles. The molecule has 3 aromatic rings. The lowest BCUT2D eigenvalue weighted by Crippen LogP contribution is -2.32. The molecule has 0 radical (unpaired) electrons. The van der Waals surface area contributed by atoms with Gasteiger partial charge in [-0.3, -0.25) is 14.3 Å². The number of carboxylic acids is 1.